The topological polar surface area (TPSA) is 108 Å². The highest BCUT2D eigenvalue weighted by Gasteiger charge is 2.29. The Kier molecular flexibility index (Phi) is 41.9. The van der Waals surface area contributed by atoms with E-state index in [1.807, 2.05) is 120 Å². The van der Waals surface area contributed by atoms with Gasteiger partial charge in [0.1, 0.15) is 61.8 Å². The molecule has 5 atom stereocenters. The number of hydrogen-bond acceptors (Lipinski definition) is 10. The van der Waals surface area contributed by atoms with Crippen molar-refractivity contribution in [2.45, 2.75) is 172 Å². The van der Waals surface area contributed by atoms with Crippen LogP contribution in [0.25, 0.3) is 0 Å². The van der Waals surface area contributed by atoms with Gasteiger partial charge in [-0.2, -0.15) is 0 Å². The Balaban J connectivity index is 0.000000169. The van der Waals surface area contributed by atoms with Gasteiger partial charge in [0.2, 0.25) is 0 Å². The van der Waals surface area contributed by atoms with Gasteiger partial charge in [-0.25, -0.2) is 0 Å². The SMILES string of the molecule is CN=Cc1ccccc1Pc1cc(C(C)(C)C)cc(C(C)(C)C)c1OCc1ccccc1.CN=Cc1ccccc1Pc1cc(C(C)(C)C)cc(C)c1OCc1ccccc1.CN=Cc1ccccc1Pc1cc(C)cc(C(C)(C)C)c1OCc1ccccc1.CN=Cc1ccccc1Pc1cc(C)cc(C)c1OCc1ccccc1.CN=Cc1ccccc1Pc1cc(C)ccc1OCc1ccccc1. The zero-order valence-corrected chi connectivity index (χ0v) is 91.5. The second-order valence-electron chi connectivity index (χ2n) is 39.1. The van der Waals surface area contributed by atoms with Gasteiger partial charge in [0.05, 0.1) is 0 Å². The van der Waals surface area contributed by atoms with Crippen LogP contribution in [-0.2, 0) is 54.7 Å². The van der Waals surface area contributed by atoms with Crippen LogP contribution in [0, 0.1) is 34.6 Å². The molecule has 0 amide bonds. The van der Waals surface area contributed by atoms with Gasteiger partial charge < -0.3 is 23.7 Å². The molecule has 0 aliphatic rings. The summed E-state index contributed by atoms with van der Waals surface area (Å²) >= 11 is 0. The molecular weight excluding hydrogens is 1820 g/mol. The van der Waals surface area contributed by atoms with Gasteiger partial charge in [-0.3, -0.25) is 25.0 Å². The number of benzene rings is 15. The lowest BCUT2D eigenvalue weighted by Gasteiger charge is -2.29. The summed E-state index contributed by atoms with van der Waals surface area (Å²) in [6.45, 7) is 40.8. The molecular formula is C126H142N5O5P5. The quantitative estimate of drug-likeness (QED) is 0.0329. The third-order valence-corrected chi connectivity index (χ3v) is 30.0. The summed E-state index contributed by atoms with van der Waals surface area (Å²) in [7, 11) is 11.6. The fourth-order valence-electron chi connectivity index (χ4n) is 15.7. The molecule has 0 spiro atoms. The first-order chi connectivity index (χ1) is 67.8. The van der Waals surface area contributed by atoms with Crippen molar-refractivity contribution in [3.63, 3.8) is 0 Å². The van der Waals surface area contributed by atoms with Crippen LogP contribution in [0.1, 0.15) is 189 Å². The maximum atomic E-state index is 6.59. The number of ether oxygens (including phenoxy) is 5. The minimum atomic E-state index is -0.0308. The number of hydrogen-bond donors (Lipinski definition) is 0. The highest BCUT2D eigenvalue weighted by molar-refractivity contribution is 7.57. The third-order valence-electron chi connectivity index (χ3n) is 23.1. The molecule has 0 saturated heterocycles. The molecule has 0 radical (unpaired) electrons. The molecule has 0 N–H and O–H groups in total. The van der Waals surface area contributed by atoms with Crippen molar-refractivity contribution in [2.24, 2.45) is 25.0 Å². The fourth-order valence-corrected chi connectivity index (χ4v) is 22.6. The molecule has 0 aliphatic carbocycles. The Hall–Kier alpha value is -12.2. The molecule has 0 heterocycles. The van der Waals surface area contributed by atoms with E-state index in [4.69, 9.17) is 23.7 Å². The second-order valence-corrected chi connectivity index (χ2v) is 45.7. The molecule has 0 aliphatic heterocycles. The minimum Gasteiger partial charge on any atom is -0.488 e. The van der Waals surface area contributed by atoms with Crippen LogP contribution in [0.2, 0.25) is 0 Å². The number of aryl methyl sites for hydroxylation is 5. The maximum absolute atomic E-state index is 6.59. The Morgan fingerprint density at radius 3 is 0.766 bits per heavy atom. The summed E-state index contributed by atoms with van der Waals surface area (Å²) in [4.78, 5) is 21.1. The summed E-state index contributed by atoms with van der Waals surface area (Å²) in [5.41, 5.74) is 23.2. The van der Waals surface area contributed by atoms with Crippen LogP contribution in [-0.4, -0.2) is 66.3 Å². The normalized spacial score (nSPS) is 12.0. The molecule has 726 valence electrons. The van der Waals surface area contributed by atoms with Gasteiger partial charge >= 0.3 is 0 Å². The van der Waals surface area contributed by atoms with Crippen LogP contribution >= 0.6 is 42.9 Å². The Bertz CT molecular complexity index is 6620. The zero-order chi connectivity index (χ0) is 101. The molecule has 141 heavy (non-hydrogen) atoms. The lowest BCUT2D eigenvalue weighted by atomic mass is 9.80. The predicted molar refractivity (Wildman–Crippen MR) is 622 cm³/mol. The summed E-state index contributed by atoms with van der Waals surface area (Å²) in [5, 5.41) is 12.7. The molecule has 15 aromatic rings. The standard InChI is InChI=1S/C29H36NOP.2C26H30NOP.C23H24NOP.C22H22NOP/c1-28(2,3)23-17-24(29(4,5)6)27(31-20-21-13-9-8-10-14-21)26(18-23)32-25-16-12-11-15-22(25)19-30-7;1-19-15-22(26(2,3)4)16-24(25(19)28-18-20-11-7-6-8-12-20)29-23-14-10-9-13-21(23)17-27-5;1-19-15-22(26(2,3)4)25(28-18-20-11-7-6-8-12-20)24(16-19)29-23-14-10-9-13-21(23)17-27-5;1-17-13-18(2)23(25-16-19-9-5-4-6-10-19)22(14-17)26-21-12-8-7-11-20(21)15-24-3;1-17-12-13-20(24-16-18-8-4-3-5-9-18)22(14-17)25-21-11-7-6-10-19(21)15-23-2/h8-19,32H,20H2,1-7H3;2*6-17,29H,18H2,1-5H3;4-15,26H,16H2,1-3H3;3-15,25H,16H2,1-2H3. The van der Waals surface area contributed by atoms with Crippen molar-refractivity contribution in [3.8, 4) is 28.7 Å². The Labute approximate surface area is 851 Å². The van der Waals surface area contributed by atoms with Gasteiger partial charge in [0.25, 0.3) is 0 Å². The smallest absolute Gasteiger partial charge is 0.131 e. The number of nitrogens with zero attached hydrogens (tertiary/aromatic N) is 5. The van der Waals surface area contributed by atoms with E-state index in [0.717, 1.165) is 28.7 Å². The lowest BCUT2D eigenvalue weighted by Crippen LogP contribution is -2.23. The average molecular weight is 1960 g/mol. The molecule has 15 heteroatoms. The molecule has 15 aromatic carbocycles. The van der Waals surface area contributed by atoms with Crippen molar-refractivity contribution in [1.82, 2.24) is 0 Å². The first kappa shape index (κ1) is 109. The third kappa shape index (κ3) is 34.0. The Morgan fingerprint density at radius 2 is 0.454 bits per heavy atom. The van der Waals surface area contributed by atoms with E-state index in [0.29, 0.717) is 75.9 Å². The minimum absolute atomic E-state index is 0.00165. The fraction of sp³-hybridized carbons (Fsp3) is 0.246. The van der Waals surface area contributed by atoms with Gasteiger partial charge in [-0.1, -0.05) is 435 Å². The monoisotopic (exact) mass is 1960 g/mol. The highest BCUT2D eigenvalue weighted by atomic mass is 31.1. The molecule has 0 fully saturated rings. The average Bonchev–Trinajstić information content (AvgIpc) is 0.783. The van der Waals surface area contributed by atoms with Crippen molar-refractivity contribution in [1.29, 1.82) is 0 Å². The van der Waals surface area contributed by atoms with E-state index >= 15 is 0 Å². The van der Waals surface area contributed by atoms with E-state index in [1.165, 1.54) is 159 Å². The van der Waals surface area contributed by atoms with Crippen LogP contribution in [0.5, 0.6) is 28.7 Å². The van der Waals surface area contributed by atoms with Gasteiger partial charge in [0, 0.05) is 104 Å². The molecule has 0 bridgehead atoms. The van der Waals surface area contributed by atoms with Crippen LogP contribution in [0.4, 0.5) is 0 Å². The van der Waals surface area contributed by atoms with Crippen molar-refractivity contribution in [3.05, 3.63) is 445 Å². The van der Waals surface area contributed by atoms with Crippen LogP contribution < -0.4 is 76.7 Å². The van der Waals surface area contributed by atoms with E-state index in [-0.39, 0.29) is 21.7 Å². The van der Waals surface area contributed by atoms with Crippen LogP contribution in [0.15, 0.2) is 365 Å². The van der Waals surface area contributed by atoms with Crippen molar-refractivity contribution in [2.75, 3.05) is 35.2 Å². The molecule has 0 aromatic heterocycles. The number of rotatable bonds is 30. The van der Waals surface area contributed by atoms with E-state index in [1.54, 1.807) is 7.05 Å². The van der Waals surface area contributed by atoms with E-state index in [2.05, 4.69) is 422 Å². The van der Waals surface area contributed by atoms with Gasteiger partial charge in [0.15, 0.2) is 0 Å². The summed E-state index contributed by atoms with van der Waals surface area (Å²) in [6.07, 6.45) is 9.67. The molecule has 5 unspecified atom stereocenters. The van der Waals surface area contributed by atoms with Crippen molar-refractivity contribution < 1.29 is 23.7 Å². The Morgan fingerprint density at radius 1 is 0.213 bits per heavy atom. The zero-order valence-electron chi connectivity index (χ0n) is 86.5. The van der Waals surface area contributed by atoms with Crippen LogP contribution in [0.3, 0.4) is 0 Å². The summed E-state index contributed by atoms with van der Waals surface area (Å²) < 4.78 is 31.8. The summed E-state index contributed by atoms with van der Waals surface area (Å²) in [6, 6.07) is 119. The van der Waals surface area contributed by atoms with Crippen molar-refractivity contribution >= 4 is 127 Å². The highest BCUT2D eigenvalue weighted by Crippen LogP contribution is 2.40. The van der Waals surface area contributed by atoms with Gasteiger partial charge in [-0.15, -0.1) is 0 Å². The molecule has 0 saturated carbocycles. The van der Waals surface area contributed by atoms with E-state index in [9.17, 15) is 0 Å². The molecule has 10 nitrogen and oxygen atoms in total. The predicted octanol–water partition coefficient (Wildman–Crippen LogP) is 26.5. The second kappa shape index (κ2) is 54.1. The molecule has 15 rings (SSSR count). The van der Waals surface area contributed by atoms with E-state index < -0.39 is 0 Å². The lowest BCUT2D eigenvalue weighted by molar-refractivity contribution is 0.300. The first-order valence-corrected chi connectivity index (χ1v) is 53.2. The maximum Gasteiger partial charge on any atom is 0.131 e. The number of aliphatic imine (C=N–C) groups is 5. The largest absolute Gasteiger partial charge is 0.488 e. The van der Waals surface area contributed by atoms with Gasteiger partial charge in [-0.05, 0) is 208 Å². The summed E-state index contributed by atoms with van der Waals surface area (Å²) in [5.74, 6) is 5.00. The first-order valence-electron chi connectivity index (χ1n) is 48.2.